The molecule has 0 aromatic rings. The van der Waals surface area contributed by atoms with Crippen LogP contribution >= 0.6 is 0 Å². The lowest BCUT2D eigenvalue weighted by Crippen LogP contribution is -2.14. The summed E-state index contributed by atoms with van der Waals surface area (Å²) >= 11 is 0. The zero-order valence-corrected chi connectivity index (χ0v) is 12.4. The zero-order chi connectivity index (χ0) is 14.5. The minimum atomic E-state index is -0.558. The molecular weight excluding hydrogens is 244 g/mol. The summed E-state index contributed by atoms with van der Waals surface area (Å²) in [7, 11) is 0. The van der Waals surface area contributed by atoms with Crippen molar-refractivity contribution in [3.63, 3.8) is 0 Å². The molecule has 0 fully saturated rings. The second-order valence-electron chi connectivity index (χ2n) is 4.32. The van der Waals surface area contributed by atoms with Gasteiger partial charge in [0.1, 0.15) is 0 Å². The molecule has 110 valence electrons. The molecule has 0 spiro atoms. The van der Waals surface area contributed by atoms with Gasteiger partial charge in [-0.2, -0.15) is 0 Å². The van der Waals surface area contributed by atoms with Crippen LogP contribution in [0.3, 0.4) is 0 Å². The largest absolute Gasteiger partial charge is 0.460 e. The maximum absolute atomic E-state index is 11.6. The number of rotatable bonds is 10. The van der Waals surface area contributed by atoms with Crippen LogP contribution in [-0.4, -0.2) is 18.5 Å². The third-order valence-electron chi connectivity index (χ3n) is 2.63. The van der Waals surface area contributed by atoms with E-state index in [1.807, 2.05) is 0 Å². The zero-order valence-electron chi connectivity index (χ0n) is 12.4. The summed E-state index contributed by atoms with van der Waals surface area (Å²) < 4.78 is 9.85. The number of hydrogen-bond donors (Lipinski definition) is 0. The Labute approximate surface area is 116 Å². The molecule has 0 aliphatic carbocycles. The van der Waals surface area contributed by atoms with E-state index in [0.29, 0.717) is 0 Å². The van der Waals surface area contributed by atoms with Gasteiger partial charge in [-0.15, -0.1) is 0 Å². The van der Waals surface area contributed by atoms with Crippen molar-refractivity contribution in [2.24, 2.45) is 0 Å². The summed E-state index contributed by atoms with van der Waals surface area (Å²) in [6, 6.07) is 0. The van der Waals surface area contributed by atoms with Gasteiger partial charge in [0, 0.05) is 6.42 Å². The van der Waals surface area contributed by atoms with E-state index in [0.717, 1.165) is 19.3 Å². The molecule has 0 aliphatic rings. The normalized spacial score (nSPS) is 11.2. The summed E-state index contributed by atoms with van der Waals surface area (Å²) in [5.74, 6) is -0.938. The smallest absolute Gasteiger partial charge is 0.374 e. The molecule has 0 aromatic heterocycles. The first-order chi connectivity index (χ1) is 9.15. The van der Waals surface area contributed by atoms with E-state index in [9.17, 15) is 9.59 Å². The highest BCUT2D eigenvalue weighted by Gasteiger charge is 2.15. The van der Waals surface area contributed by atoms with E-state index in [1.54, 1.807) is 19.9 Å². The van der Waals surface area contributed by atoms with Gasteiger partial charge < -0.3 is 9.47 Å². The highest BCUT2D eigenvalue weighted by atomic mass is 16.6. The van der Waals surface area contributed by atoms with Crippen LogP contribution in [0, 0.1) is 0 Å². The second kappa shape index (κ2) is 11.8. The Morgan fingerprint density at radius 2 is 1.68 bits per heavy atom. The summed E-state index contributed by atoms with van der Waals surface area (Å²) in [6.07, 6.45) is 8.40. The standard InChI is InChI=1S/C15H26O4/c1-4-7-8-9-10-11-12-13(15(17)18-6-3)19-14(16)5-2/h12H,4-11H2,1-3H3. The summed E-state index contributed by atoms with van der Waals surface area (Å²) in [4.78, 5) is 22.8. The lowest BCUT2D eigenvalue weighted by molar-refractivity contribution is -0.151. The van der Waals surface area contributed by atoms with Gasteiger partial charge in [0.2, 0.25) is 5.76 Å². The Morgan fingerprint density at radius 1 is 1.00 bits per heavy atom. The van der Waals surface area contributed by atoms with Gasteiger partial charge >= 0.3 is 11.9 Å². The molecule has 0 radical (unpaired) electrons. The first-order valence-electron chi connectivity index (χ1n) is 7.23. The number of unbranched alkanes of at least 4 members (excludes halogenated alkanes) is 5. The predicted molar refractivity (Wildman–Crippen MR) is 74.5 cm³/mol. The highest BCUT2D eigenvalue weighted by molar-refractivity contribution is 5.89. The summed E-state index contributed by atoms with van der Waals surface area (Å²) in [5.41, 5.74) is 0. The van der Waals surface area contributed by atoms with Crippen LogP contribution in [0.1, 0.15) is 65.7 Å². The first kappa shape index (κ1) is 17.7. The van der Waals surface area contributed by atoms with E-state index >= 15 is 0 Å². The molecule has 0 aromatic carbocycles. The molecular formula is C15H26O4. The second-order valence-corrected chi connectivity index (χ2v) is 4.32. The van der Waals surface area contributed by atoms with Crippen LogP contribution in [0.5, 0.6) is 0 Å². The molecule has 0 N–H and O–H groups in total. The van der Waals surface area contributed by atoms with Crippen molar-refractivity contribution in [3.05, 3.63) is 11.8 Å². The van der Waals surface area contributed by atoms with E-state index in [2.05, 4.69) is 6.92 Å². The van der Waals surface area contributed by atoms with Gasteiger partial charge in [-0.05, 0) is 25.8 Å². The number of hydrogen-bond acceptors (Lipinski definition) is 4. The highest BCUT2D eigenvalue weighted by Crippen LogP contribution is 2.10. The average Bonchev–Trinajstić information content (AvgIpc) is 2.41. The van der Waals surface area contributed by atoms with Gasteiger partial charge in [0.05, 0.1) is 6.61 Å². The van der Waals surface area contributed by atoms with Crippen molar-refractivity contribution in [2.75, 3.05) is 6.61 Å². The van der Waals surface area contributed by atoms with E-state index in [1.165, 1.54) is 19.3 Å². The number of ether oxygens (including phenoxy) is 2. The molecule has 0 aliphatic heterocycles. The third kappa shape index (κ3) is 9.28. The third-order valence-corrected chi connectivity index (χ3v) is 2.63. The van der Waals surface area contributed by atoms with Crippen LogP contribution < -0.4 is 0 Å². The maximum Gasteiger partial charge on any atom is 0.374 e. The quantitative estimate of drug-likeness (QED) is 0.262. The molecule has 0 unspecified atom stereocenters. The van der Waals surface area contributed by atoms with Crippen molar-refractivity contribution in [1.82, 2.24) is 0 Å². The molecule has 0 amide bonds. The van der Waals surface area contributed by atoms with Crippen molar-refractivity contribution in [1.29, 1.82) is 0 Å². The molecule has 0 saturated carbocycles. The maximum atomic E-state index is 11.6. The van der Waals surface area contributed by atoms with Crippen LogP contribution in [0.15, 0.2) is 11.8 Å². The molecule has 0 rings (SSSR count). The Hall–Kier alpha value is -1.32. The first-order valence-corrected chi connectivity index (χ1v) is 7.23. The Bertz CT molecular complexity index is 295. The fourth-order valence-corrected chi connectivity index (χ4v) is 1.54. The van der Waals surface area contributed by atoms with Crippen molar-refractivity contribution in [2.45, 2.75) is 65.7 Å². The van der Waals surface area contributed by atoms with Gasteiger partial charge in [-0.1, -0.05) is 39.5 Å². The van der Waals surface area contributed by atoms with Gasteiger partial charge in [-0.25, -0.2) is 4.79 Å². The Balaban J connectivity index is 4.22. The minimum Gasteiger partial charge on any atom is -0.460 e. The summed E-state index contributed by atoms with van der Waals surface area (Å²) in [6.45, 7) is 5.86. The van der Waals surface area contributed by atoms with Crippen molar-refractivity contribution >= 4 is 11.9 Å². The number of carbonyl (C=O) groups excluding carboxylic acids is 2. The van der Waals surface area contributed by atoms with Crippen LogP contribution in [0.2, 0.25) is 0 Å². The van der Waals surface area contributed by atoms with Crippen LogP contribution in [-0.2, 0) is 19.1 Å². The molecule has 0 saturated heterocycles. The predicted octanol–water partition coefficient (Wildman–Crippen LogP) is 3.75. The fourth-order valence-electron chi connectivity index (χ4n) is 1.54. The summed E-state index contributed by atoms with van der Waals surface area (Å²) in [5, 5.41) is 0. The monoisotopic (exact) mass is 270 g/mol. The van der Waals surface area contributed by atoms with Gasteiger partial charge in [0.25, 0.3) is 0 Å². The number of esters is 2. The number of allylic oxidation sites excluding steroid dienone is 1. The molecule has 0 bridgehead atoms. The van der Waals surface area contributed by atoms with Crippen LogP contribution in [0.4, 0.5) is 0 Å². The van der Waals surface area contributed by atoms with Crippen LogP contribution in [0.25, 0.3) is 0 Å². The lowest BCUT2D eigenvalue weighted by Gasteiger charge is -2.07. The van der Waals surface area contributed by atoms with E-state index < -0.39 is 11.9 Å². The number of carbonyl (C=O) groups is 2. The van der Waals surface area contributed by atoms with E-state index in [4.69, 9.17) is 9.47 Å². The van der Waals surface area contributed by atoms with E-state index in [-0.39, 0.29) is 18.8 Å². The van der Waals surface area contributed by atoms with Crippen molar-refractivity contribution < 1.29 is 19.1 Å². The minimum absolute atomic E-state index is 0.0317. The fraction of sp³-hybridized carbons (Fsp3) is 0.733. The van der Waals surface area contributed by atoms with Crippen molar-refractivity contribution in [3.8, 4) is 0 Å². The average molecular weight is 270 g/mol. The van der Waals surface area contributed by atoms with Gasteiger partial charge in [-0.3, -0.25) is 4.79 Å². The lowest BCUT2D eigenvalue weighted by atomic mass is 10.1. The van der Waals surface area contributed by atoms with Gasteiger partial charge in [0.15, 0.2) is 0 Å². The molecule has 19 heavy (non-hydrogen) atoms. The molecule has 0 heterocycles. The molecule has 4 nitrogen and oxygen atoms in total. The Morgan fingerprint density at radius 3 is 2.26 bits per heavy atom. The molecule has 4 heteroatoms. The Kier molecular flexibility index (Phi) is 10.9. The molecule has 0 atom stereocenters. The SMILES string of the molecule is CCCCCCCC=C(OC(=O)CC)C(=O)OCC. The topological polar surface area (TPSA) is 52.6 Å².